The molecule has 4 aromatic rings. The van der Waals surface area contributed by atoms with Crippen LogP contribution in [0.15, 0.2) is 71.6 Å². The summed E-state index contributed by atoms with van der Waals surface area (Å²) >= 11 is 0. The Bertz CT molecular complexity index is 1210. The van der Waals surface area contributed by atoms with E-state index >= 15 is 0 Å². The normalized spacial score (nSPS) is 13.4. The van der Waals surface area contributed by atoms with Crippen LogP contribution in [0.1, 0.15) is 29.4 Å². The number of aromatic nitrogens is 2. The average Bonchev–Trinajstić information content (AvgIpc) is 3.26. The molecule has 0 bridgehead atoms. The molecule has 2 aromatic carbocycles. The molecule has 0 saturated heterocycles. The van der Waals surface area contributed by atoms with Gasteiger partial charge >= 0.3 is 0 Å². The van der Waals surface area contributed by atoms with Crippen molar-refractivity contribution in [3.05, 3.63) is 84.6 Å². The number of carbonyl (C=O) groups is 1. The van der Waals surface area contributed by atoms with Crippen LogP contribution >= 0.6 is 0 Å². The van der Waals surface area contributed by atoms with Crippen molar-refractivity contribution in [3.8, 4) is 22.5 Å². The first-order chi connectivity index (χ1) is 14.6. The smallest absolute Gasteiger partial charge is 0.291 e. The Morgan fingerprint density at radius 1 is 1.07 bits per heavy atom. The van der Waals surface area contributed by atoms with Crippen LogP contribution < -0.4 is 5.32 Å². The molecule has 0 spiro atoms. The molecule has 0 atom stereocenters. The van der Waals surface area contributed by atoms with Gasteiger partial charge in [0.1, 0.15) is 11.6 Å². The predicted octanol–water partition coefficient (Wildman–Crippen LogP) is 5.68. The second-order valence-corrected chi connectivity index (χ2v) is 7.21. The Hall–Kier alpha value is -3.74. The first-order valence-electron chi connectivity index (χ1n) is 9.57. The lowest BCUT2D eigenvalue weighted by Gasteiger charge is -2.12. The van der Waals surface area contributed by atoms with Crippen LogP contribution in [-0.4, -0.2) is 15.5 Å². The summed E-state index contributed by atoms with van der Waals surface area (Å²) in [6.07, 6.45) is 5.21. The second kappa shape index (κ2) is 7.26. The number of anilines is 1. The molecule has 1 N–H and O–H groups in total. The molecule has 1 saturated carbocycles. The molecule has 1 aliphatic rings. The third-order valence-electron chi connectivity index (χ3n) is 5.08. The number of benzene rings is 2. The monoisotopic (exact) mass is 405 g/mol. The van der Waals surface area contributed by atoms with Crippen LogP contribution in [0.3, 0.4) is 0 Å². The van der Waals surface area contributed by atoms with Gasteiger partial charge in [-0.1, -0.05) is 0 Å². The zero-order chi connectivity index (χ0) is 20.7. The van der Waals surface area contributed by atoms with Gasteiger partial charge in [0.05, 0.1) is 29.7 Å². The van der Waals surface area contributed by atoms with Gasteiger partial charge < -0.3 is 14.3 Å². The average molecular weight is 405 g/mol. The highest BCUT2D eigenvalue weighted by Gasteiger charge is 2.28. The first-order valence-corrected chi connectivity index (χ1v) is 9.57. The summed E-state index contributed by atoms with van der Waals surface area (Å²) < 4.78 is 35.0. The number of rotatable bonds is 5. The fourth-order valence-corrected chi connectivity index (χ4v) is 3.46. The Balaban J connectivity index is 1.57. The second-order valence-electron chi connectivity index (χ2n) is 7.21. The van der Waals surface area contributed by atoms with Gasteiger partial charge in [-0.3, -0.25) is 4.79 Å². The Morgan fingerprint density at radius 3 is 2.53 bits per heavy atom. The molecular weight excluding hydrogens is 388 g/mol. The fraction of sp³-hybridized carbons (Fsp3) is 0.130. The minimum atomic E-state index is -0.556. The maximum Gasteiger partial charge on any atom is 0.291 e. The van der Waals surface area contributed by atoms with Crippen molar-refractivity contribution >= 4 is 11.6 Å². The van der Waals surface area contributed by atoms with Crippen molar-refractivity contribution < 1.29 is 18.0 Å². The molecular formula is C23H17F2N3O2. The van der Waals surface area contributed by atoms with Gasteiger partial charge in [0.25, 0.3) is 5.91 Å². The number of furan rings is 1. The number of halogens is 2. The van der Waals surface area contributed by atoms with Gasteiger partial charge in [-0.15, -0.1) is 0 Å². The van der Waals surface area contributed by atoms with E-state index in [1.165, 1.54) is 30.5 Å². The van der Waals surface area contributed by atoms with Gasteiger partial charge in [0.2, 0.25) is 0 Å². The number of amides is 1. The van der Waals surface area contributed by atoms with Crippen molar-refractivity contribution in [3.63, 3.8) is 0 Å². The van der Waals surface area contributed by atoms with Crippen molar-refractivity contribution in [1.29, 1.82) is 0 Å². The summed E-state index contributed by atoms with van der Waals surface area (Å²) in [6.45, 7) is 0. The zero-order valence-corrected chi connectivity index (χ0v) is 15.8. The largest absolute Gasteiger partial charge is 0.459 e. The predicted molar refractivity (Wildman–Crippen MR) is 108 cm³/mol. The van der Waals surface area contributed by atoms with E-state index in [0.29, 0.717) is 17.3 Å². The van der Waals surface area contributed by atoms with Gasteiger partial charge in [0.15, 0.2) is 5.76 Å². The van der Waals surface area contributed by atoms with Crippen LogP contribution in [0, 0.1) is 11.6 Å². The minimum Gasteiger partial charge on any atom is -0.459 e. The van der Waals surface area contributed by atoms with Crippen LogP contribution in [0.4, 0.5) is 14.5 Å². The highest BCUT2D eigenvalue weighted by molar-refractivity contribution is 6.02. The van der Waals surface area contributed by atoms with E-state index in [4.69, 9.17) is 4.42 Å². The van der Waals surface area contributed by atoms with E-state index < -0.39 is 11.7 Å². The number of nitrogens with zero attached hydrogens (tertiary/aromatic N) is 2. The number of hydrogen-bond acceptors (Lipinski definition) is 3. The lowest BCUT2D eigenvalue weighted by molar-refractivity contribution is 0.0996. The summed E-state index contributed by atoms with van der Waals surface area (Å²) in [7, 11) is 0. The molecule has 1 fully saturated rings. The molecule has 5 rings (SSSR count). The Morgan fingerprint density at radius 2 is 1.83 bits per heavy atom. The number of imidazole rings is 1. The SMILES string of the molecule is O=C(Nc1cc(-c2c(-c3ccc(F)cc3)ncn2C2CC2)ccc1F)c1ccco1. The van der Waals surface area contributed by atoms with Gasteiger partial charge in [-0.2, -0.15) is 0 Å². The van der Waals surface area contributed by atoms with Crippen LogP contribution in [0.25, 0.3) is 22.5 Å². The van der Waals surface area contributed by atoms with Crippen molar-refractivity contribution in [2.75, 3.05) is 5.32 Å². The molecule has 30 heavy (non-hydrogen) atoms. The summed E-state index contributed by atoms with van der Waals surface area (Å²) in [6, 6.07) is 14.1. The van der Waals surface area contributed by atoms with E-state index in [1.54, 1.807) is 36.7 Å². The van der Waals surface area contributed by atoms with Crippen molar-refractivity contribution in [2.24, 2.45) is 0 Å². The topological polar surface area (TPSA) is 60.1 Å². The molecule has 150 valence electrons. The summed E-state index contributed by atoms with van der Waals surface area (Å²) in [5, 5.41) is 2.56. The molecule has 0 unspecified atom stereocenters. The molecule has 1 amide bonds. The van der Waals surface area contributed by atoms with Crippen molar-refractivity contribution in [2.45, 2.75) is 18.9 Å². The quantitative estimate of drug-likeness (QED) is 0.465. The summed E-state index contributed by atoms with van der Waals surface area (Å²) in [5.41, 5.74) is 2.99. The summed E-state index contributed by atoms with van der Waals surface area (Å²) in [4.78, 5) is 16.9. The lowest BCUT2D eigenvalue weighted by Crippen LogP contribution is -2.12. The Labute approximate surface area is 171 Å². The molecule has 2 heterocycles. The van der Waals surface area contributed by atoms with Crippen molar-refractivity contribution in [1.82, 2.24) is 9.55 Å². The number of hydrogen-bond donors (Lipinski definition) is 1. The highest BCUT2D eigenvalue weighted by atomic mass is 19.1. The Kier molecular flexibility index (Phi) is 4.43. The summed E-state index contributed by atoms with van der Waals surface area (Å²) in [5.74, 6) is -1.33. The maximum absolute atomic E-state index is 14.4. The van der Waals surface area contributed by atoms with Gasteiger partial charge in [-0.05, 0) is 67.4 Å². The molecule has 2 aromatic heterocycles. The fourth-order valence-electron chi connectivity index (χ4n) is 3.46. The van der Waals surface area contributed by atoms with Crippen LogP contribution in [0.2, 0.25) is 0 Å². The standard InChI is InChI=1S/C23H17F2N3O2/c24-16-6-3-14(4-7-16)21-22(28(13-26-21)17-8-9-17)15-5-10-18(25)19(12-15)27-23(29)20-2-1-11-30-20/h1-7,10-13,17H,8-9H2,(H,27,29). The molecule has 7 heteroatoms. The third kappa shape index (κ3) is 3.39. The van der Waals surface area contributed by atoms with Gasteiger partial charge in [-0.25, -0.2) is 13.8 Å². The van der Waals surface area contributed by atoms with E-state index in [0.717, 1.165) is 24.1 Å². The molecule has 0 radical (unpaired) electrons. The first kappa shape index (κ1) is 18.3. The minimum absolute atomic E-state index is 0.0440. The van der Waals surface area contributed by atoms with Gasteiger partial charge in [0, 0.05) is 17.2 Å². The zero-order valence-electron chi connectivity index (χ0n) is 15.8. The van der Waals surface area contributed by atoms with E-state index in [9.17, 15) is 13.6 Å². The molecule has 0 aliphatic heterocycles. The van der Waals surface area contributed by atoms with E-state index in [2.05, 4.69) is 14.9 Å². The molecule has 1 aliphatic carbocycles. The maximum atomic E-state index is 14.4. The lowest BCUT2D eigenvalue weighted by atomic mass is 10.0. The highest BCUT2D eigenvalue weighted by Crippen LogP contribution is 2.42. The number of carbonyl (C=O) groups excluding carboxylic acids is 1. The van der Waals surface area contributed by atoms with E-state index in [-0.39, 0.29) is 17.3 Å². The third-order valence-corrected chi connectivity index (χ3v) is 5.08. The number of nitrogens with one attached hydrogen (secondary N) is 1. The van der Waals surface area contributed by atoms with E-state index in [1.807, 2.05) is 0 Å². The van der Waals surface area contributed by atoms with Crippen LogP contribution in [-0.2, 0) is 0 Å². The van der Waals surface area contributed by atoms with Crippen LogP contribution in [0.5, 0.6) is 0 Å². The molecule has 5 nitrogen and oxygen atoms in total.